The van der Waals surface area contributed by atoms with E-state index in [2.05, 4.69) is 5.32 Å². The predicted molar refractivity (Wildman–Crippen MR) is 69.1 cm³/mol. The highest BCUT2D eigenvalue weighted by atomic mass is 16.5. The maximum atomic E-state index is 12.0. The van der Waals surface area contributed by atoms with Crippen molar-refractivity contribution in [2.24, 2.45) is 11.7 Å². The highest BCUT2D eigenvalue weighted by Crippen LogP contribution is 2.21. The van der Waals surface area contributed by atoms with E-state index < -0.39 is 11.9 Å². The number of ether oxygens (including phenoxy) is 1. The van der Waals surface area contributed by atoms with Gasteiger partial charge in [-0.3, -0.25) is 4.79 Å². The lowest BCUT2D eigenvalue weighted by Crippen LogP contribution is -2.37. The van der Waals surface area contributed by atoms with Crippen molar-refractivity contribution in [3.8, 4) is 0 Å². The first-order valence-corrected chi connectivity index (χ1v) is 5.98. The van der Waals surface area contributed by atoms with E-state index in [1.54, 1.807) is 25.1 Å². The van der Waals surface area contributed by atoms with Gasteiger partial charge in [0.05, 0.1) is 30.4 Å². The van der Waals surface area contributed by atoms with Gasteiger partial charge in [-0.25, -0.2) is 4.79 Å². The molecule has 1 aliphatic heterocycles. The highest BCUT2D eigenvalue weighted by Gasteiger charge is 2.32. The van der Waals surface area contributed by atoms with Crippen LogP contribution < -0.4 is 11.1 Å². The third kappa shape index (κ3) is 2.74. The van der Waals surface area contributed by atoms with Crippen LogP contribution in [0.4, 0.5) is 5.69 Å². The van der Waals surface area contributed by atoms with E-state index in [9.17, 15) is 14.7 Å². The van der Waals surface area contributed by atoms with E-state index in [1.165, 1.54) is 0 Å². The molecule has 2 unspecified atom stereocenters. The van der Waals surface area contributed by atoms with Gasteiger partial charge in [-0.1, -0.05) is 12.1 Å². The maximum Gasteiger partial charge on any atom is 0.338 e. The molecule has 2 atom stereocenters. The monoisotopic (exact) mass is 264 g/mol. The van der Waals surface area contributed by atoms with Crippen molar-refractivity contribution in [2.75, 3.05) is 18.5 Å². The summed E-state index contributed by atoms with van der Waals surface area (Å²) in [5, 5.41) is 11.8. The number of nitrogens with one attached hydrogen (secondary N) is 1. The number of carboxylic acid groups (broad SMARTS) is 1. The van der Waals surface area contributed by atoms with Gasteiger partial charge in [0.2, 0.25) is 5.91 Å². The Bertz CT molecular complexity index is 515. The van der Waals surface area contributed by atoms with Crippen LogP contribution in [0.5, 0.6) is 0 Å². The van der Waals surface area contributed by atoms with Crippen molar-refractivity contribution < 1.29 is 19.4 Å². The smallest absolute Gasteiger partial charge is 0.338 e. The largest absolute Gasteiger partial charge is 0.478 e. The second-order valence-corrected chi connectivity index (χ2v) is 4.60. The summed E-state index contributed by atoms with van der Waals surface area (Å²) in [6, 6.07) is 4.60. The van der Waals surface area contributed by atoms with Gasteiger partial charge >= 0.3 is 5.97 Å². The number of aryl methyl sites for hydroxylation is 1. The molecule has 0 saturated carbocycles. The number of nitrogens with two attached hydrogens (primary N) is 1. The van der Waals surface area contributed by atoms with Crippen molar-refractivity contribution in [3.63, 3.8) is 0 Å². The molecular weight excluding hydrogens is 248 g/mol. The summed E-state index contributed by atoms with van der Waals surface area (Å²) < 4.78 is 5.13. The molecule has 1 fully saturated rings. The van der Waals surface area contributed by atoms with Crippen LogP contribution in [0.2, 0.25) is 0 Å². The highest BCUT2D eigenvalue weighted by molar-refractivity contribution is 6.02. The number of amides is 1. The summed E-state index contributed by atoms with van der Waals surface area (Å²) >= 11 is 0. The van der Waals surface area contributed by atoms with Crippen molar-refractivity contribution in [1.29, 1.82) is 0 Å². The van der Waals surface area contributed by atoms with Crippen LogP contribution in [0.3, 0.4) is 0 Å². The molecule has 0 aromatic heterocycles. The Morgan fingerprint density at radius 2 is 2.16 bits per heavy atom. The van der Waals surface area contributed by atoms with Crippen LogP contribution in [-0.2, 0) is 9.53 Å². The average molecular weight is 264 g/mol. The van der Waals surface area contributed by atoms with Crippen LogP contribution >= 0.6 is 0 Å². The molecule has 1 heterocycles. The number of carbonyl (C=O) groups is 2. The molecule has 1 saturated heterocycles. The van der Waals surface area contributed by atoms with Gasteiger partial charge in [-0.2, -0.15) is 0 Å². The first-order chi connectivity index (χ1) is 9.00. The second kappa shape index (κ2) is 5.38. The maximum absolute atomic E-state index is 12.0. The molecule has 0 spiro atoms. The summed E-state index contributed by atoms with van der Waals surface area (Å²) in [6.45, 7) is 2.29. The lowest BCUT2D eigenvalue weighted by Gasteiger charge is -2.15. The van der Waals surface area contributed by atoms with Crippen LogP contribution in [0, 0.1) is 12.8 Å². The number of carboxylic acids is 1. The van der Waals surface area contributed by atoms with Crippen molar-refractivity contribution >= 4 is 17.6 Å². The Morgan fingerprint density at radius 3 is 2.74 bits per heavy atom. The molecule has 102 valence electrons. The van der Waals surface area contributed by atoms with E-state index in [1.807, 2.05) is 0 Å². The Hall–Kier alpha value is -1.92. The van der Waals surface area contributed by atoms with Crippen molar-refractivity contribution in [1.82, 2.24) is 0 Å². The van der Waals surface area contributed by atoms with Gasteiger partial charge in [-0.05, 0) is 18.6 Å². The van der Waals surface area contributed by atoms with Crippen LogP contribution in [0.15, 0.2) is 18.2 Å². The van der Waals surface area contributed by atoms with E-state index in [4.69, 9.17) is 10.5 Å². The Kier molecular flexibility index (Phi) is 3.82. The molecule has 0 radical (unpaired) electrons. The summed E-state index contributed by atoms with van der Waals surface area (Å²) in [6.07, 6.45) is 0. The molecule has 19 heavy (non-hydrogen) atoms. The van der Waals surface area contributed by atoms with Gasteiger partial charge < -0.3 is 20.9 Å². The lowest BCUT2D eigenvalue weighted by molar-refractivity contribution is -0.120. The normalized spacial score (nSPS) is 22.2. The van der Waals surface area contributed by atoms with Gasteiger partial charge in [-0.15, -0.1) is 0 Å². The Labute approximate surface area is 110 Å². The van der Waals surface area contributed by atoms with E-state index in [0.717, 1.165) is 0 Å². The van der Waals surface area contributed by atoms with Crippen LogP contribution in [0.1, 0.15) is 15.9 Å². The summed E-state index contributed by atoms with van der Waals surface area (Å²) in [5.74, 6) is -1.82. The fraction of sp³-hybridized carbons (Fsp3) is 0.385. The lowest BCUT2D eigenvalue weighted by atomic mass is 10.0. The Balaban J connectivity index is 2.21. The van der Waals surface area contributed by atoms with E-state index in [-0.39, 0.29) is 29.8 Å². The second-order valence-electron chi connectivity index (χ2n) is 4.60. The molecule has 6 heteroatoms. The summed E-state index contributed by atoms with van der Waals surface area (Å²) in [7, 11) is 0. The zero-order valence-corrected chi connectivity index (χ0v) is 10.6. The summed E-state index contributed by atoms with van der Waals surface area (Å²) in [4.78, 5) is 23.3. The number of aromatic carboxylic acids is 1. The van der Waals surface area contributed by atoms with Crippen LogP contribution in [0.25, 0.3) is 0 Å². The average Bonchev–Trinajstić information content (AvgIpc) is 2.75. The predicted octanol–water partition coefficient (Wildman–Crippen LogP) is 0.605. The minimum atomic E-state index is -1.07. The third-order valence-corrected chi connectivity index (χ3v) is 3.21. The minimum Gasteiger partial charge on any atom is -0.478 e. The molecule has 2 rings (SSSR count). The fourth-order valence-electron chi connectivity index (χ4n) is 2.12. The van der Waals surface area contributed by atoms with Gasteiger partial charge in [0, 0.05) is 6.04 Å². The first kappa shape index (κ1) is 13.5. The molecule has 1 aromatic carbocycles. The number of hydrogen-bond donors (Lipinski definition) is 3. The van der Waals surface area contributed by atoms with E-state index in [0.29, 0.717) is 12.2 Å². The number of benzene rings is 1. The van der Waals surface area contributed by atoms with Crippen molar-refractivity contribution in [2.45, 2.75) is 13.0 Å². The quantitative estimate of drug-likeness (QED) is 0.742. The number of carbonyl (C=O) groups excluding carboxylic acids is 1. The molecule has 4 N–H and O–H groups in total. The number of anilines is 1. The minimum absolute atomic E-state index is 0.100. The van der Waals surface area contributed by atoms with Crippen LogP contribution in [-0.4, -0.2) is 36.2 Å². The molecular formula is C13H16N2O4. The Morgan fingerprint density at radius 1 is 1.42 bits per heavy atom. The molecule has 0 aliphatic carbocycles. The van der Waals surface area contributed by atoms with Gasteiger partial charge in [0.25, 0.3) is 0 Å². The summed E-state index contributed by atoms with van der Waals surface area (Å²) in [5.41, 5.74) is 6.74. The SMILES string of the molecule is Cc1cccc(NC(=O)C2COCC2N)c1C(=O)O. The third-order valence-electron chi connectivity index (χ3n) is 3.21. The molecule has 0 bridgehead atoms. The zero-order valence-electron chi connectivity index (χ0n) is 10.6. The zero-order chi connectivity index (χ0) is 14.0. The number of hydrogen-bond acceptors (Lipinski definition) is 4. The van der Waals surface area contributed by atoms with Gasteiger partial charge in [0.1, 0.15) is 0 Å². The first-order valence-electron chi connectivity index (χ1n) is 5.98. The topological polar surface area (TPSA) is 102 Å². The standard InChI is InChI=1S/C13H16N2O4/c1-7-3-2-4-10(11(7)13(17)18)15-12(16)8-5-19-6-9(8)14/h2-4,8-9H,5-6,14H2,1H3,(H,15,16)(H,17,18). The van der Waals surface area contributed by atoms with E-state index >= 15 is 0 Å². The molecule has 1 aliphatic rings. The number of rotatable bonds is 3. The molecule has 1 aromatic rings. The fourth-order valence-corrected chi connectivity index (χ4v) is 2.12. The molecule has 6 nitrogen and oxygen atoms in total. The molecule has 1 amide bonds. The van der Waals surface area contributed by atoms with Gasteiger partial charge in [0.15, 0.2) is 0 Å². The van der Waals surface area contributed by atoms with Crippen molar-refractivity contribution in [3.05, 3.63) is 29.3 Å².